The average molecular weight is 489 g/mol. The van der Waals surface area contributed by atoms with E-state index < -0.39 is 13.4 Å². The number of benzene rings is 2. The summed E-state index contributed by atoms with van der Waals surface area (Å²) in [6.45, 7) is 2.06. The van der Waals surface area contributed by atoms with Gasteiger partial charge in [-0.25, -0.2) is 0 Å². The predicted octanol–water partition coefficient (Wildman–Crippen LogP) is -2.04. The summed E-state index contributed by atoms with van der Waals surface area (Å²) in [5, 5.41) is 0. The van der Waals surface area contributed by atoms with Crippen LogP contribution < -0.4 is 33.9 Å². The minimum atomic E-state index is -4.39. The van der Waals surface area contributed by atoms with Crippen LogP contribution in [0, 0.1) is 6.92 Å². The Bertz CT molecular complexity index is 1180. The van der Waals surface area contributed by atoms with E-state index in [1.165, 1.54) is 5.56 Å². The van der Waals surface area contributed by atoms with Crippen LogP contribution >= 0.6 is 7.60 Å². The zero-order valence-electron chi connectivity index (χ0n) is 17.3. The summed E-state index contributed by atoms with van der Waals surface area (Å²) in [5.41, 5.74) is 4.88. The number of aromatic nitrogens is 2. The minimum Gasteiger partial charge on any atom is -1.00 e. The van der Waals surface area contributed by atoms with Crippen molar-refractivity contribution in [2.45, 2.75) is 12.7 Å². The van der Waals surface area contributed by atoms with E-state index in [4.69, 9.17) is 0 Å². The van der Waals surface area contributed by atoms with E-state index in [-0.39, 0.29) is 24.8 Å². The molecule has 0 bridgehead atoms. The van der Waals surface area contributed by atoms with Gasteiger partial charge in [-0.15, -0.1) is 0 Å². The van der Waals surface area contributed by atoms with E-state index in [1.807, 2.05) is 47.3 Å². The second-order valence-electron chi connectivity index (χ2n) is 7.24. The lowest BCUT2D eigenvalue weighted by Crippen LogP contribution is -3.00. The van der Waals surface area contributed by atoms with Crippen molar-refractivity contribution in [2.24, 2.45) is 0 Å². The van der Waals surface area contributed by atoms with Gasteiger partial charge in [0.2, 0.25) is 5.69 Å². The number of pyridine rings is 2. The second kappa shape index (κ2) is 10.9. The summed E-state index contributed by atoms with van der Waals surface area (Å²) in [7, 11) is -4.39. The van der Waals surface area contributed by atoms with Crippen molar-refractivity contribution in [1.82, 2.24) is 0 Å². The molecular formula is C24H23Cl2N2O3P. The molecule has 0 saturated carbocycles. The smallest absolute Gasteiger partial charge is 0.398 e. The molecule has 0 aliphatic carbocycles. The number of hydrogen-bond donors (Lipinski definition) is 2. The van der Waals surface area contributed by atoms with E-state index in [0.717, 1.165) is 16.8 Å². The molecule has 166 valence electrons. The van der Waals surface area contributed by atoms with Gasteiger partial charge in [-0.3, -0.25) is 4.57 Å². The van der Waals surface area contributed by atoms with Crippen LogP contribution in [0.1, 0.15) is 16.9 Å². The number of rotatable bonds is 5. The van der Waals surface area contributed by atoms with Gasteiger partial charge in [0.05, 0.1) is 0 Å². The Hall–Kier alpha value is -2.53. The van der Waals surface area contributed by atoms with Crippen molar-refractivity contribution in [3.8, 4) is 16.8 Å². The Morgan fingerprint density at radius 3 is 1.72 bits per heavy atom. The normalized spacial score (nSPS) is 11.7. The molecular weight excluding hydrogens is 466 g/mol. The van der Waals surface area contributed by atoms with Gasteiger partial charge in [0.15, 0.2) is 24.8 Å². The van der Waals surface area contributed by atoms with Gasteiger partial charge in [-0.2, -0.15) is 9.13 Å². The third-order valence-electron chi connectivity index (χ3n) is 5.05. The number of aryl methyl sites for hydroxylation is 1. The summed E-state index contributed by atoms with van der Waals surface area (Å²) in [6, 6.07) is 24.9. The highest BCUT2D eigenvalue weighted by Crippen LogP contribution is 2.49. The van der Waals surface area contributed by atoms with E-state index in [1.54, 1.807) is 41.2 Å². The standard InChI is InChI=1S/C24H21N2O3P.2ClH/c1-19-7-9-23(10-8-19)25-15-11-20(12-16-25)21-13-17-26(18-14-21)24(30(27,28)29)22-5-3-2-4-6-22;;/h2-18,24H,1H3;2*1H. The lowest BCUT2D eigenvalue weighted by atomic mass is 10.1. The fraction of sp³-hybridized carbons (Fsp3) is 0.0833. The third kappa shape index (κ3) is 5.83. The zero-order chi connectivity index (χ0) is 21.1. The lowest BCUT2D eigenvalue weighted by molar-refractivity contribution is -0.695. The molecule has 0 aliphatic heterocycles. The summed E-state index contributed by atoms with van der Waals surface area (Å²) in [5.74, 6) is -1.05. The van der Waals surface area contributed by atoms with Crippen molar-refractivity contribution >= 4 is 7.60 Å². The Labute approximate surface area is 200 Å². The van der Waals surface area contributed by atoms with Crippen LogP contribution in [-0.4, -0.2) is 9.79 Å². The largest absolute Gasteiger partial charge is 1.00 e. The molecule has 0 saturated heterocycles. The van der Waals surface area contributed by atoms with Crippen LogP contribution in [0.15, 0.2) is 104 Å². The van der Waals surface area contributed by atoms with Crippen molar-refractivity contribution in [2.75, 3.05) is 0 Å². The van der Waals surface area contributed by atoms with E-state index in [0.29, 0.717) is 5.56 Å². The highest BCUT2D eigenvalue weighted by molar-refractivity contribution is 7.51. The van der Waals surface area contributed by atoms with Crippen molar-refractivity contribution < 1.29 is 48.3 Å². The molecule has 8 heteroatoms. The van der Waals surface area contributed by atoms with Crippen molar-refractivity contribution in [1.29, 1.82) is 0 Å². The molecule has 2 heterocycles. The van der Waals surface area contributed by atoms with E-state index in [2.05, 4.69) is 31.2 Å². The van der Waals surface area contributed by atoms with Gasteiger partial charge in [-0.05, 0) is 18.1 Å². The monoisotopic (exact) mass is 488 g/mol. The fourth-order valence-corrected chi connectivity index (χ4v) is 4.53. The first-order valence-corrected chi connectivity index (χ1v) is 11.3. The molecule has 0 radical (unpaired) electrons. The van der Waals surface area contributed by atoms with Gasteiger partial charge < -0.3 is 34.6 Å². The number of halogens is 2. The Balaban J connectivity index is 0.00000181. The third-order valence-corrected chi connectivity index (χ3v) is 6.25. The predicted molar refractivity (Wildman–Crippen MR) is 115 cm³/mol. The molecule has 2 N–H and O–H groups in total. The molecule has 0 aliphatic rings. The molecule has 4 aromatic rings. The molecule has 2 aromatic heterocycles. The highest BCUT2D eigenvalue weighted by Gasteiger charge is 2.38. The van der Waals surface area contributed by atoms with Gasteiger partial charge >= 0.3 is 7.60 Å². The first-order valence-electron chi connectivity index (χ1n) is 9.61. The maximum Gasteiger partial charge on any atom is 0.398 e. The Morgan fingerprint density at radius 1 is 0.719 bits per heavy atom. The van der Waals surface area contributed by atoms with Gasteiger partial charge in [0.25, 0.3) is 5.78 Å². The van der Waals surface area contributed by atoms with Crippen LogP contribution in [0.3, 0.4) is 0 Å². The topological polar surface area (TPSA) is 65.3 Å². The van der Waals surface area contributed by atoms with Crippen LogP contribution in [0.25, 0.3) is 16.8 Å². The van der Waals surface area contributed by atoms with E-state index >= 15 is 0 Å². The number of hydrogen-bond acceptors (Lipinski definition) is 1. The first-order chi connectivity index (χ1) is 14.4. The Kier molecular flexibility index (Phi) is 8.73. The van der Waals surface area contributed by atoms with Crippen molar-refractivity contribution in [3.63, 3.8) is 0 Å². The molecule has 0 amide bonds. The van der Waals surface area contributed by atoms with Gasteiger partial charge in [-0.1, -0.05) is 48.0 Å². The molecule has 2 aromatic carbocycles. The summed E-state index contributed by atoms with van der Waals surface area (Å²) in [6.07, 6.45) is 7.44. The van der Waals surface area contributed by atoms with Crippen LogP contribution in [0.4, 0.5) is 0 Å². The molecule has 4 rings (SSSR count). The van der Waals surface area contributed by atoms with Crippen LogP contribution in [0.5, 0.6) is 0 Å². The summed E-state index contributed by atoms with van der Waals surface area (Å²) < 4.78 is 15.8. The molecule has 1 unspecified atom stereocenters. The summed E-state index contributed by atoms with van der Waals surface area (Å²) in [4.78, 5) is 19.8. The average Bonchev–Trinajstić information content (AvgIpc) is 2.75. The Morgan fingerprint density at radius 2 is 1.22 bits per heavy atom. The van der Waals surface area contributed by atoms with Crippen LogP contribution in [-0.2, 0) is 4.57 Å². The second-order valence-corrected chi connectivity index (χ2v) is 8.90. The molecule has 0 fully saturated rings. The molecule has 5 nitrogen and oxygen atoms in total. The highest BCUT2D eigenvalue weighted by atomic mass is 35.5. The molecule has 1 atom stereocenters. The van der Waals surface area contributed by atoms with Crippen molar-refractivity contribution in [3.05, 3.63) is 115 Å². The fourth-order valence-electron chi connectivity index (χ4n) is 3.47. The maximum atomic E-state index is 12.2. The molecule has 32 heavy (non-hydrogen) atoms. The van der Waals surface area contributed by atoms with Crippen LogP contribution in [0.2, 0.25) is 0 Å². The maximum absolute atomic E-state index is 12.2. The zero-order valence-corrected chi connectivity index (χ0v) is 19.7. The van der Waals surface area contributed by atoms with Gasteiger partial charge in [0, 0.05) is 42.0 Å². The summed E-state index contributed by atoms with van der Waals surface area (Å²) >= 11 is 0. The minimum absolute atomic E-state index is 0. The molecule has 0 spiro atoms. The quantitative estimate of drug-likeness (QED) is 0.251. The SMILES string of the molecule is Cc1ccc(-[n+]2ccc(-c3cc[n+](C(c4ccccc4)P(=O)(O)O)cc3)cc2)cc1.[Cl-].[Cl-]. The number of nitrogens with zero attached hydrogens (tertiary/aromatic N) is 2. The van der Waals surface area contributed by atoms with E-state index in [9.17, 15) is 14.4 Å². The lowest BCUT2D eigenvalue weighted by Gasteiger charge is -2.14. The first kappa shape index (κ1) is 25.7. The van der Waals surface area contributed by atoms with Gasteiger partial charge in [0.1, 0.15) is 0 Å².